The maximum Gasteiger partial charge on any atom is 0.129 e. The van der Waals surface area contributed by atoms with Crippen LogP contribution in [0, 0.1) is 6.92 Å². The molecule has 0 radical (unpaired) electrons. The van der Waals surface area contributed by atoms with E-state index in [9.17, 15) is 0 Å². The average Bonchev–Trinajstić information content (AvgIpc) is 2.42. The summed E-state index contributed by atoms with van der Waals surface area (Å²) in [5.41, 5.74) is 3.28. The number of anilines is 1. The molecule has 2 aromatic rings. The van der Waals surface area contributed by atoms with Crippen LogP contribution in [-0.2, 0) is 12.4 Å². The van der Waals surface area contributed by atoms with Gasteiger partial charge in [-0.25, -0.2) is 4.98 Å². The van der Waals surface area contributed by atoms with Gasteiger partial charge in [0.2, 0.25) is 0 Å². The summed E-state index contributed by atoms with van der Waals surface area (Å²) >= 11 is 11.8. The summed E-state index contributed by atoms with van der Waals surface area (Å²) in [4.78, 5) is 6.57. The zero-order chi connectivity index (χ0) is 13.8. The lowest BCUT2D eigenvalue weighted by molar-refractivity contribution is 0.884. The van der Waals surface area contributed by atoms with Crippen LogP contribution in [0.4, 0.5) is 5.82 Å². The Morgan fingerprint density at radius 3 is 2.58 bits per heavy atom. The van der Waals surface area contributed by atoms with Gasteiger partial charge in [0.05, 0.1) is 16.6 Å². The summed E-state index contributed by atoms with van der Waals surface area (Å²) in [6, 6.07) is 12.1. The number of halogens is 2. The van der Waals surface area contributed by atoms with E-state index in [4.69, 9.17) is 23.2 Å². The highest BCUT2D eigenvalue weighted by molar-refractivity contribution is 6.32. The summed E-state index contributed by atoms with van der Waals surface area (Å²) in [5, 5.41) is 0.614. The van der Waals surface area contributed by atoms with Gasteiger partial charge >= 0.3 is 0 Å². The molecule has 0 spiro atoms. The molecule has 1 heterocycles. The van der Waals surface area contributed by atoms with Crippen LogP contribution in [0.1, 0.15) is 16.8 Å². The molecule has 0 aliphatic rings. The van der Waals surface area contributed by atoms with E-state index in [1.165, 1.54) is 11.1 Å². The van der Waals surface area contributed by atoms with Crippen molar-refractivity contribution in [2.45, 2.75) is 19.3 Å². The van der Waals surface area contributed by atoms with Gasteiger partial charge < -0.3 is 4.90 Å². The highest BCUT2D eigenvalue weighted by Gasteiger charge is 2.08. The Kier molecular flexibility index (Phi) is 4.67. The van der Waals surface area contributed by atoms with Crippen molar-refractivity contribution in [3.05, 3.63) is 58.2 Å². The molecule has 0 saturated heterocycles. The van der Waals surface area contributed by atoms with Gasteiger partial charge in [0.1, 0.15) is 5.82 Å². The number of alkyl halides is 1. The predicted molar refractivity (Wildman–Crippen MR) is 82.1 cm³/mol. The van der Waals surface area contributed by atoms with Crippen molar-refractivity contribution in [2.24, 2.45) is 0 Å². The highest BCUT2D eigenvalue weighted by atomic mass is 35.5. The molecule has 2 rings (SSSR count). The molecule has 0 amide bonds. The Labute approximate surface area is 124 Å². The third-order valence-electron chi connectivity index (χ3n) is 3.09. The van der Waals surface area contributed by atoms with Gasteiger partial charge in [0.15, 0.2) is 0 Å². The van der Waals surface area contributed by atoms with E-state index in [0.29, 0.717) is 10.9 Å². The fourth-order valence-electron chi connectivity index (χ4n) is 1.90. The Balaban J connectivity index is 2.20. The number of rotatable bonds is 4. The second-order valence-electron chi connectivity index (χ2n) is 4.51. The van der Waals surface area contributed by atoms with Crippen molar-refractivity contribution in [3.8, 4) is 0 Å². The Morgan fingerprint density at radius 1 is 1.16 bits per heavy atom. The first kappa shape index (κ1) is 14.2. The van der Waals surface area contributed by atoms with Crippen molar-refractivity contribution < 1.29 is 0 Å². The lowest BCUT2D eigenvalue weighted by Crippen LogP contribution is -2.18. The van der Waals surface area contributed by atoms with Crippen molar-refractivity contribution in [1.82, 2.24) is 4.98 Å². The summed E-state index contributed by atoms with van der Waals surface area (Å²) in [5.74, 6) is 1.20. The fourth-order valence-corrected chi connectivity index (χ4v) is 2.35. The summed E-state index contributed by atoms with van der Waals surface area (Å²) in [6.45, 7) is 2.92. The molecule has 0 saturated carbocycles. The number of hydrogen-bond donors (Lipinski definition) is 0. The van der Waals surface area contributed by atoms with E-state index >= 15 is 0 Å². The molecule has 0 unspecified atom stereocenters. The number of aromatic nitrogens is 1. The molecule has 0 atom stereocenters. The quantitative estimate of drug-likeness (QED) is 0.776. The Morgan fingerprint density at radius 2 is 1.89 bits per heavy atom. The first-order valence-corrected chi connectivity index (χ1v) is 7.00. The maximum absolute atomic E-state index is 6.02. The molecule has 0 aliphatic heterocycles. The van der Waals surface area contributed by atoms with Gasteiger partial charge in [-0.3, -0.25) is 0 Å². The maximum atomic E-state index is 6.02. The van der Waals surface area contributed by atoms with Crippen molar-refractivity contribution in [2.75, 3.05) is 11.9 Å². The third kappa shape index (κ3) is 3.40. The fraction of sp³-hybridized carbons (Fsp3) is 0.267. The zero-order valence-corrected chi connectivity index (χ0v) is 12.5. The third-order valence-corrected chi connectivity index (χ3v) is 3.69. The van der Waals surface area contributed by atoms with Gasteiger partial charge in [-0.2, -0.15) is 0 Å². The normalized spacial score (nSPS) is 10.5. The van der Waals surface area contributed by atoms with Gasteiger partial charge in [-0.1, -0.05) is 35.9 Å². The van der Waals surface area contributed by atoms with Crippen LogP contribution in [0.2, 0.25) is 5.02 Å². The smallest absolute Gasteiger partial charge is 0.129 e. The minimum absolute atomic E-state index is 0.324. The van der Waals surface area contributed by atoms with Crippen molar-refractivity contribution in [1.29, 1.82) is 0 Å². The number of hydrogen-bond acceptors (Lipinski definition) is 2. The minimum atomic E-state index is 0.324. The molecular weight excluding hydrogens is 279 g/mol. The van der Waals surface area contributed by atoms with Crippen LogP contribution >= 0.6 is 23.2 Å². The predicted octanol–water partition coefficient (Wildman–Crippen LogP) is 4.42. The molecule has 100 valence electrons. The first-order valence-electron chi connectivity index (χ1n) is 6.09. The minimum Gasteiger partial charge on any atom is -0.355 e. The van der Waals surface area contributed by atoms with E-state index in [1.807, 2.05) is 25.2 Å². The SMILES string of the molecule is Cc1ccccc1CN(C)c1ccc(Cl)c(CCl)n1. The molecule has 19 heavy (non-hydrogen) atoms. The highest BCUT2D eigenvalue weighted by Crippen LogP contribution is 2.21. The molecule has 1 aromatic carbocycles. The van der Waals surface area contributed by atoms with Crippen molar-refractivity contribution in [3.63, 3.8) is 0 Å². The zero-order valence-electron chi connectivity index (χ0n) is 11.0. The van der Waals surface area contributed by atoms with Crippen LogP contribution in [0.15, 0.2) is 36.4 Å². The molecular formula is C15H16Cl2N2. The summed E-state index contributed by atoms with van der Waals surface area (Å²) < 4.78 is 0. The lowest BCUT2D eigenvalue weighted by atomic mass is 10.1. The van der Waals surface area contributed by atoms with E-state index < -0.39 is 0 Å². The largest absolute Gasteiger partial charge is 0.355 e. The number of aryl methyl sites for hydroxylation is 1. The van der Waals surface area contributed by atoms with E-state index in [1.54, 1.807) is 0 Å². The van der Waals surface area contributed by atoms with Crippen LogP contribution < -0.4 is 4.90 Å². The molecule has 0 N–H and O–H groups in total. The van der Waals surface area contributed by atoms with Crippen LogP contribution in [-0.4, -0.2) is 12.0 Å². The summed E-state index contributed by atoms with van der Waals surface area (Å²) in [6.07, 6.45) is 0. The molecule has 1 aromatic heterocycles. The average molecular weight is 295 g/mol. The van der Waals surface area contributed by atoms with Crippen molar-refractivity contribution >= 4 is 29.0 Å². The first-order chi connectivity index (χ1) is 9.11. The van der Waals surface area contributed by atoms with Crippen LogP contribution in [0.25, 0.3) is 0 Å². The van der Waals surface area contributed by atoms with Gasteiger partial charge in [-0.05, 0) is 30.2 Å². The number of nitrogens with zero attached hydrogens (tertiary/aromatic N) is 2. The van der Waals surface area contributed by atoms with E-state index in [2.05, 4.69) is 35.0 Å². The second-order valence-corrected chi connectivity index (χ2v) is 5.19. The van der Waals surface area contributed by atoms with Crippen LogP contribution in [0.5, 0.6) is 0 Å². The van der Waals surface area contributed by atoms with E-state index in [-0.39, 0.29) is 0 Å². The standard InChI is InChI=1S/C15H16Cl2N2/c1-11-5-3-4-6-12(11)10-19(2)15-8-7-13(17)14(9-16)18-15/h3-8H,9-10H2,1-2H3. The van der Waals surface area contributed by atoms with Gasteiger partial charge in [0.25, 0.3) is 0 Å². The summed E-state index contributed by atoms with van der Waals surface area (Å²) in [7, 11) is 2.01. The van der Waals surface area contributed by atoms with Crippen LogP contribution in [0.3, 0.4) is 0 Å². The molecule has 0 bridgehead atoms. The second kappa shape index (κ2) is 6.27. The Bertz CT molecular complexity index is 570. The number of benzene rings is 1. The number of pyridine rings is 1. The molecule has 2 nitrogen and oxygen atoms in total. The molecule has 0 fully saturated rings. The Hall–Kier alpha value is -1.25. The molecule has 4 heteroatoms. The lowest BCUT2D eigenvalue weighted by Gasteiger charge is -2.20. The molecule has 0 aliphatic carbocycles. The van der Waals surface area contributed by atoms with Gasteiger partial charge in [-0.15, -0.1) is 11.6 Å². The monoisotopic (exact) mass is 294 g/mol. The van der Waals surface area contributed by atoms with E-state index in [0.717, 1.165) is 18.1 Å². The van der Waals surface area contributed by atoms with Gasteiger partial charge in [0, 0.05) is 13.6 Å². The topological polar surface area (TPSA) is 16.1 Å².